The molecule has 1 saturated carbocycles. The number of carbonyl (C=O) groups excluding carboxylic acids is 3. The number of nitrogens with zero attached hydrogens (tertiary/aromatic N) is 2. The van der Waals surface area contributed by atoms with Gasteiger partial charge in [-0.05, 0) is 51.9 Å². The van der Waals surface area contributed by atoms with E-state index in [0.717, 1.165) is 51.4 Å². The van der Waals surface area contributed by atoms with E-state index in [1.54, 1.807) is 17.9 Å². The van der Waals surface area contributed by atoms with Crippen LogP contribution < -0.4 is 0 Å². The van der Waals surface area contributed by atoms with Crippen LogP contribution in [0.1, 0.15) is 85.0 Å². The maximum Gasteiger partial charge on any atom is 0.312 e. The summed E-state index contributed by atoms with van der Waals surface area (Å²) >= 11 is 0. The van der Waals surface area contributed by atoms with Gasteiger partial charge < -0.3 is 24.4 Å². The molecule has 4 aliphatic rings. The number of carbonyl (C=O) groups is 3. The third kappa shape index (κ3) is 4.73. The molecule has 3 aliphatic heterocycles. The summed E-state index contributed by atoms with van der Waals surface area (Å²) < 4.78 is 12.2. The van der Waals surface area contributed by atoms with E-state index in [-0.39, 0.29) is 37.0 Å². The van der Waals surface area contributed by atoms with Gasteiger partial charge in [-0.1, -0.05) is 45.1 Å². The highest BCUT2D eigenvalue weighted by Crippen LogP contribution is 2.65. The minimum atomic E-state index is -1.03. The highest BCUT2D eigenvalue weighted by Gasteiger charge is 2.80. The first-order valence-corrected chi connectivity index (χ1v) is 14.5. The van der Waals surface area contributed by atoms with Crippen molar-refractivity contribution in [1.82, 2.24) is 9.80 Å². The van der Waals surface area contributed by atoms with Crippen LogP contribution in [0.15, 0.2) is 12.7 Å². The third-order valence-electron chi connectivity index (χ3n) is 9.52. The third-order valence-corrected chi connectivity index (χ3v) is 9.52. The maximum absolute atomic E-state index is 14.5. The number of aliphatic hydroxyl groups excluding tert-OH is 1. The summed E-state index contributed by atoms with van der Waals surface area (Å²) in [5.74, 6) is -2.05. The number of ether oxygens (including phenoxy) is 2. The lowest BCUT2D eigenvalue weighted by molar-refractivity contribution is -0.162. The van der Waals surface area contributed by atoms with Crippen LogP contribution in [0, 0.1) is 17.8 Å². The van der Waals surface area contributed by atoms with Crippen molar-refractivity contribution in [2.24, 2.45) is 17.8 Å². The Kier molecular flexibility index (Phi) is 8.68. The molecule has 1 aliphatic carbocycles. The largest absolute Gasteiger partial charge is 0.466 e. The Morgan fingerprint density at radius 2 is 1.92 bits per heavy atom. The lowest BCUT2D eigenvalue weighted by atomic mass is 9.62. The molecule has 3 saturated heterocycles. The van der Waals surface area contributed by atoms with E-state index in [1.807, 2.05) is 11.8 Å². The van der Waals surface area contributed by atoms with E-state index >= 15 is 0 Å². The maximum atomic E-state index is 14.5. The first kappa shape index (κ1) is 28.1. The molecule has 3 unspecified atom stereocenters. The molecule has 6 atom stereocenters. The summed E-state index contributed by atoms with van der Waals surface area (Å²) in [5, 5.41) is 9.14. The summed E-state index contributed by atoms with van der Waals surface area (Å²) in [7, 11) is 0. The van der Waals surface area contributed by atoms with Crippen LogP contribution in [0.2, 0.25) is 0 Å². The number of esters is 1. The lowest BCUT2D eigenvalue weighted by Crippen LogP contribution is -2.58. The fraction of sp³-hybridized carbons (Fsp3) is 0.828. The Morgan fingerprint density at radius 1 is 1.22 bits per heavy atom. The second-order valence-electron chi connectivity index (χ2n) is 11.7. The van der Waals surface area contributed by atoms with Gasteiger partial charge in [0.1, 0.15) is 17.6 Å². The molecule has 0 aromatic rings. The second-order valence-corrected chi connectivity index (χ2v) is 11.7. The Labute approximate surface area is 221 Å². The minimum Gasteiger partial charge on any atom is -0.466 e. The van der Waals surface area contributed by atoms with Gasteiger partial charge in [0.2, 0.25) is 11.8 Å². The van der Waals surface area contributed by atoms with Crippen LogP contribution >= 0.6 is 0 Å². The normalized spacial score (nSPS) is 35.0. The smallest absolute Gasteiger partial charge is 0.312 e. The number of likely N-dealkylation sites (tertiary alicyclic amines) is 1. The Bertz CT molecular complexity index is 872. The van der Waals surface area contributed by atoms with Crippen LogP contribution in [0.3, 0.4) is 0 Å². The molecule has 37 heavy (non-hydrogen) atoms. The number of unbranched alkanes of at least 4 members (excludes halogenated alkanes) is 3. The molecule has 0 radical (unpaired) electrons. The first-order chi connectivity index (χ1) is 17.8. The fourth-order valence-corrected chi connectivity index (χ4v) is 7.70. The molecule has 8 heteroatoms. The first-order valence-electron chi connectivity index (χ1n) is 14.5. The molecule has 0 aromatic heterocycles. The van der Waals surface area contributed by atoms with E-state index in [1.165, 1.54) is 6.42 Å². The predicted octanol–water partition coefficient (Wildman–Crippen LogP) is 3.46. The minimum absolute atomic E-state index is 0.00768. The molecule has 8 nitrogen and oxygen atoms in total. The monoisotopic (exact) mass is 518 g/mol. The van der Waals surface area contributed by atoms with Gasteiger partial charge >= 0.3 is 5.97 Å². The molecular weight excluding hydrogens is 472 g/mol. The van der Waals surface area contributed by atoms with E-state index in [2.05, 4.69) is 13.5 Å². The number of amides is 2. The van der Waals surface area contributed by atoms with Crippen molar-refractivity contribution in [2.45, 2.75) is 108 Å². The van der Waals surface area contributed by atoms with Crippen LogP contribution in [0.5, 0.6) is 0 Å². The summed E-state index contributed by atoms with van der Waals surface area (Å²) in [6.45, 7) is 10.9. The number of fused-ring (bicyclic) bond motifs is 1. The number of hydrogen-bond donors (Lipinski definition) is 1. The SMILES string of the molecule is C=CCN(C(=O)C1N(CCCCCCO)C(=O)[C@@H]2[C@@H](C(=O)OCC)[C@]3(C)OC12CC3C)C1CCCCC1. The van der Waals surface area contributed by atoms with Crippen molar-refractivity contribution >= 4 is 17.8 Å². The number of hydrogen-bond acceptors (Lipinski definition) is 6. The summed E-state index contributed by atoms with van der Waals surface area (Å²) in [4.78, 5) is 45.6. The molecule has 1 N–H and O–H groups in total. The molecule has 4 rings (SSSR count). The summed E-state index contributed by atoms with van der Waals surface area (Å²) in [6, 6.07) is -0.628. The van der Waals surface area contributed by atoms with Crippen LogP contribution in [0.4, 0.5) is 0 Å². The highest BCUT2D eigenvalue weighted by atomic mass is 16.6. The number of aliphatic hydroxyl groups is 1. The van der Waals surface area contributed by atoms with Crippen LogP contribution in [0.25, 0.3) is 0 Å². The average Bonchev–Trinajstić information content (AvgIpc) is 3.39. The summed E-state index contributed by atoms with van der Waals surface area (Å²) in [5.41, 5.74) is -1.87. The Balaban J connectivity index is 1.71. The van der Waals surface area contributed by atoms with Gasteiger partial charge in [-0.15, -0.1) is 6.58 Å². The van der Waals surface area contributed by atoms with Gasteiger partial charge in [-0.3, -0.25) is 14.4 Å². The van der Waals surface area contributed by atoms with Gasteiger partial charge in [0, 0.05) is 25.7 Å². The predicted molar refractivity (Wildman–Crippen MR) is 139 cm³/mol. The standard InChI is InChI=1S/C29H46N2O6/c1-5-16-30(21-14-10-9-11-15-21)26(34)24-29-19-20(3)28(4,37-29)23(27(35)36-6-2)22(29)25(33)31(24)17-12-7-8-13-18-32/h5,20-24,32H,1,6-19H2,2-4H3/t20?,22-,23-,24?,28+,29?/m0/s1. The molecule has 208 valence electrons. The van der Waals surface area contributed by atoms with E-state index in [9.17, 15) is 14.4 Å². The van der Waals surface area contributed by atoms with Crippen molar-refractivity contribution in [3.05, 3.63) is 12.7 Å². The van der Waals surface area contributed by atoms with Crippen molar-refractivity contribution in [3.63, 3.8) is 0 Å². The highest BCUT2D eigenvalue weighted by molar-refractivity contribution is 5.98. The van der Waals surface area contributed by atoms with E-state index in [4.69, 9.17) is 14.6 Å². The second kappa shape index (κ2) is 11.4. The van der Waals surface area contributed by atoms with Gasteiger partial charge in [0.15, 0.2) is 0 Å². The molecule has 1 spiro atoms. The van der Waals surface area contributed by atoms with Gasteiger partial charge in [0.25, 0.3) is 0 Å². The Hall–Kier alpha value is -1.93. The molecule has 0 aromatic carbocycles. The fourth-order valence-electron chi connectivity index (χ4n) is 7.70. The molecule has 4 fully saturated rings. The Morgan fingerprint density at radius 3 is 2.57 bits per heavy atom. The number of rotatable bonds is 12. The quantitative estimate of drug-likeness (QED) is 0.242. The molecule has 2 bridgehead atoms. The van der Waals surface area contributed by atoms with Gasteiger partial charge in [0.05, 0.1) is 18.1 Å². The van der Waals surface area contributed by atoms with Crippen LogP contribution in [-0.2, 0) is 23.9 Å². The zero-order chi connectivity index (χ0) is 26.8. The zero-order valence-electron chi connectivity index (χ0n) is 23.0. The van der Waals surface area contributed by atoms with Crippen molar-refractivity contribution < 1.29 is 29.0 Å². The topological polar surface area (TPSA) is 96.4 Å². The lowest BCUT2D eigenvalue weighted by Gasteiger charge is -2.41. The zero-order valence-corrected chi connectivity index (χ0v) is 23.0. The van der Waals surface area contributed by atoms with Crippen LogP contribution in [-0.4, -0.2) is 82.3 Å². The van der Waals surface area contributed by atoms with Crippen molar-refractivity contribution in [3.8, 4) is 0 Å². The van der Waals surface area contributed by atoms with E-state index in [0.29, 0.717) is 19.5 Å². The van der Waals surface area contributed by atoms with Gasteiger partial charge in [-0.2, -0.15) is 0 Å². The summed E-state index contributed by atoms with van der Waals surface area (Å²) in [6.07, 6.45) is 10.8. The van der Waals surface area contributed by atoms with Crippen molar-refractivity contribution in [1.29, 1.82) is 0 Å². The average molecular weight is 519 g/mol. The molecule has 2 amide bonds. The van der Waals surface area contributed by atoms with Gasteiger partial charge in [-0.25, -0.2) is 0 Å². The van der Waals surface area contributed by atoms with Crippen molar-refractivity contribution in [2.75, 3.05) is 26.3 Å². The molecule has 3 heterocycles. The molecular formula is C29H46N2O6. The van der Waals surface area contributed by atoms with E-state index < -0.39 is 35.0 Å².